The Morgan fingerprint density at radius 3 is 2.57 bits per heavy atom. The first kappa shape index (κ1) is 19.7. The van der Waals surface area contributed by atoms with E-state index in [1.807, 2.05) is 19.1 Å². The van der Waals surface area contributed by atoms with Gasteiger partial charge in [0.15, 0.2) is 5.78 Å². The Morgan fingerprint density at radius 2 is 1.89 bits per heavy atom. The highest BCUT2D eigenvalue weighted by Crippen LogP contribution is 2.32. The van der Waals surface area contributed by atoms with Crippen molar-refractivity contribution in [1.82, 2.24) is 10.2 Å². The van der Waals surface area contributed by atoms with E-state index in [9.17, 15) is 18.0 Å². The van der Waals surface area contributed by atoms with Gasteiger partial charge in [-0.15, -0.1) is 0 Å². The second-order valence-electron chi connectivity index (χ2n) is 6.45. The van der Waals surface area contributed by atoms with E-state index in [2.05, 4.69) is 15.5 Å². The molecule has 1 heterocycles. The number of aromatic amines is 1. The highest BCUT2D eigenvalue weighted by atomic mass is 19.4. The first-order valence-electron chi connectivity index (χ1n) is 8.95. The van der Waals surface area contributed by atoms with Crippen LogP contribution < -0.4 is 5.32 Å². The average molecular weight is 387 g/mol. The number of hydrogen-bond acceptors (Lipinski definition) is 3. The van der Waals surface area contributed by atoms with Gasteiger partial charge in [-0.05, 0) is 42.8 Å². The van der Waals surface area contributed by atoms with Gasteiger partial charge >= 0.3 is 6.18 Å². The molecule has 0 saturated heterocycles. The molecular weight excluding hydrogens is 367 g/mol. The predicted octanol–water partition coefficient (Wildman–Crippen LogP) is 5.69. The van der Waals surface area contributed by atoms with Crippen molar-refractivity contribution in [2.45, 2.75) is 32.5 Å². The quantitative estimate of drug-likeness (QED) is 0.512. The Hall–Kier alpha value is -3.09. The molecule has 0 spiro atoms. The lowest BCUT2D eigenvalue weighted by Gasteiger charge is -2.10. The van der Waals surface area contributed by atoms with Crippen LogP contribution in [-0.2, 0) is 12.7 Å². The minimum absolute atomic E-state index is 0.107. The number of halogens is 3. The van der Waals surface area contributed by atoms with Crippen LogP contribution in [0.5, 0.6) is 0 Å². The number of carbonyl (C=O) groups is 1. The number of rotatable bonds is 7. The summed E-state index contributed by atoms with van der Waals surface area (Å²) in [6.07, 6.45) is -1.49. The van der Waals surface area contributed by atoms with Gasteiger partial charge < -0.3 is 5.32 Å². The molecule has 3 rings (SSSR count). The maximum Gasteiger partial charge on any atom is 0.416 e. The van der Waals surface area contributed by atoms with Gasteiger partial charge in [0.1, 0.15) is 0 Å². The van der Waals surface area contributed by atoms with Gasteiger partial charge in [-0.3, -0.25) is 9.89 Å². The highest BCUT2D eigenvalue weighted by Gasteiger charge is 2.30. The van der Waals surface area contributed by atoms with Crippen molar-refractivity contribution in [1.29, 1.82) is 0 Å². The molecule has 0 aliphatic heterocycles. The average Bonchev–Trinajstić information content (AvgIpc) is 3.15. The molecule has 146 valence electrons. The van der Waals surface area contributed by atoms with Gasteiger partial charge in [0.25, 0.3) is 0 Å². The molecule has 0 bridgehead atoms. The van der Waals surface area contributed by atoms with Crippen molar-refractivity contribution < 1.29 is 18.0 Å². The standard InChI is InChI=1S/C21H20F3N3O/c1-2-4-19(28)14-7-9-18(10-8-14)25-12-16-13-26-27-20(16)15-5-3-6-17(11-15)21(22,23)24/h3,5-11,13,25H,2,4,12H2,1H3,(H,26,27). The van der Waals surface area contributed by atoms with E-state index in [1.54, 1.807) is 24.4 Å². The van der Waals surface area contributed by atoms with Crippen molar-refractivity contribution >= 4 is 11.5 Å². The molecule has 0 fully saturated rings. The molecule has 2 N–H and O–H groups in total. The third-order valence-electron chi connectivity index (χ3n) is 4.36. The number of ketones is 1. The van der Waals surface area contributed by atoms with E-state index in [1.165, 1.54) is 6.07 Å². The Morgan fingerprint density at radius 1 is 1.14 bits per heavy atom. The molecule has 1 aromatic heterocycles. The number of nitrogens with zero attached hydrogens (tertiary/aromatic N) is 1. The lowest BCUT2D eigenvalue weighted by atomic mass is 10.0. The second kappa shape index (κ2) is 8.29. The van der Waals surface area contributed by atoms with Gasteiger partial charge in [0.05, 0.1) is 17.5 Å². The monoisotopic (exact) mass is 387 g/mol. The summed E-state index contributed by atoms with van der Waals surface area (Å²) in [6, 6.07) is 12.3. The van der Waals surface area contributed by atoms with Crippen LogP contribution in [0.4, 0.5) is 18.9 Å². The third-order valence-corrected chi connectivity index (χ3v) is 4.36. The van der Waals surface area contributed by atoms with Gasteiger partial charge in [0.2, 0.25) is 0 Å². The first-order valence-corrected chi connectivity index (χ1v) is 8.95. The van der Waals surface area contributed by atoms with E-state index in [0.717, 1.165) is 29.8 Å². The molecule has 0 unspecified atom stereocenters. The molecule has 2 aromatic carbocycles. The zero-order chi connectivity index (χ0) is 20.1. The fourth-order valence-corrected chi connectivity index (χ4v) is 2.89. The smallest absolute Gasteiger partial charge is 0.381 e. The summed E-state index contributed by atoms with van der Waals surface area (Å²) in [5.74, 6) is 0.107. The largest absolute Gasteiger partial charge is 0.416 e. The topological polar surface area (TPSA) is 57.8 Å². The van der Waals surface area contributed by atoms with Crippen LogP contribution in [0, 0.1) is 0 Å². The highest BCUT2D eigenvalue weighted by molar-refractivity contribution is 5.96. The predicted molar refractivity (Wildman–Crippen MR) is 102 cm³/mol. The van der Waals surface area contributed by atoms with Crippen LogP contribution in [0.15, 0.2) is 54.7 Å². The van der Waals surface area contributed by atoms with E-state index >= 15 is 0 Å². The SMILES string of the molecule is CCCC(=O)c1ccc(NCc2cn[nH]c2-c2cccc(C(F)(F)F)c2)cc1. The number of nitrogens with one attached hydrogen (secondary N) is 2. The number of alkyl halides is 3. The minimum Gasteiger partial charge on any atom is -0.381 e. The number of benzene rings is 2. The molecule has 0 amide bonds. The van der Waals surface area contributed by atoms with Crippen molar-refractivity contribution in [2.75, 3.05) is 5.32 Å². The lowest BCUT2D eigenvalue weighted by Crippen LogP contribution is -2.05. The Kier molecular flexibility index (Phi) is 5.82. The lowest BCUT2D eigenvalue weighted by molar-refractivity contribution is -0.137. The molecule has 0 atom stereocenters. The molecule has 0 radical (unpaired) electrons. The summed E-state index contributed by atoms with van der Waals surface area (Å²) in [6.45, 7) is 2.34. The Bertz CT molecular complexity index is 946. The van der Waals surface area contributed by atoms with Crippen LogP contribution in [0.2, 0.25) is 0 Å². The maximum absolute atomic E-state index is 13.0. The van der Waals surface area contributed by atoms with E-state index in [-0.39, 0.29) is 5.78 Å². The number of aromatic nitrogens is 2. The van der Waals surface area contributed by atoms with Crippen LogP contribution in [0.3, 0.4) is 0 Å². The number of carbonyl (C=O) groups excluding carboxylic acids is 1. The van der Waals surface area contributed by atoms with Crippen molar-refractivity contribution in [3.05, 3.63) is 71.4 Å². The van der Waals surface area contributed by atoms with Crippen LogP contribution in [0.1, 0.15) is 41.3 Å². The summed E-state index contributed by atoms with van der Waals surface area (Å²) in [5, 5.41) is 9.95. The Labute approximate surface area is 160 Å². The number of Topliss-reactive ketones (excluding diaryl/α,β-unsaturated/α-hetero) is 1. The molecule has 7 heteroatoms. The fourth-order valence-electron chi connectivity index (χ4n) is 2.89. The van der Waals surface area contributed by atoms with Crippen LogP contribution in [-0.4, -0.2) is 16.0 Å². The second-order valence-corrected chi connectivity index (χ2v) is 6.45. The van der Waals surface area contributed by atoms with Gasteiger partial charge in [0, 0.05) is 35.3 Å². The molecule has 28 heavy (non-hydrogen) atoms. The zero-order valence-electron chi connectivity index (χ0n) is 15.3. The van der Waals surface area contributed by atoms with Gasteiger partial charge in [-0.2, -0.15) is 18.3 Å². The van der Waals surface area contributed by atoms with Crippen molar-refractivity contribution in [3.63, 3.8) is 0 Å². The summed E-state index contributed by atoms with van der Waals surface area (Å²) in [7, 11) is 0. The minimum atomic E-state index is -4.40. The van der Waals surface area contributed by atoms with Crippen molar-refractivity contribution in [2.24, 2.45) is 0 Å². The van der Waals surface area contributed by atoms with E-state index in [4.69, 9.17) is 0 Å². The van der Waals surface area contributed by atoms with Crippen LogP contribution in [0.25, 0.3) is 11.3 Å². The summed E-state index contributed by atoms with van der Waals surface area (Å²) >= 11 is 0. The molecule has 4 nitrogen and oxygen atoms in total. The normalized spacial score (nSPS) is 11.4. The van der Waals surface area contributed by atoms with Crippen LogP contribution >= 0.6 is 0 Å². The van der Waals surface area contributed by atoms with Crippen molar-refractivity contribution in [3.8, 4) is 11.3 Å². The molecular formula is C21H20F3N3O. The van der Waals surface area contributed by atoms with E-state index < -0.39 is 11.7 Å². The maximum atomic E-state index is 13.0. The number of hydrogen-bond donors (Lipinski definition) is 2. The van der Waals surface area contributed by atoms with Gasteiger partial charge in [-0.25, -0.2) is 0 Å². The summed E-state index contributed by atoms with van der Waals surface area (Å²) in [5.41, 5.74) is 2.47. The number of H-pyrrole nitrogens is 1. The summed E-state index contributed by atoms with van der Waals surface area (Å²) < 4.78 is 38.9. The Balaban J connectivity index is 1.72. The first-order chi connectivity index (χ1) is 13.4. The molecule has 0 saturated carbocycles. The molecule has 3 aromatic rings. The third kappa shape index (κ3) is 4.60. The molecule has 0 aliphatic carbocycles. The zero-order valence-corrected chi connectivity index (χ0v) is 15.3. The summed E-state index contributed by atoms with van der Waals surface area (Å²) in [4.78, 5) is 11.9. The van der Waals surface area contributed by atoms with Gasteiger partial charge in [-0.1, -0.05) is 19.1 Å². The van der Waals surface area contributed by atoms with E-state index in [0.29, 0.717) is 29.8 Å². The molecule has 0 aliphatic rings. The number of anilines is 1. The fraction of sp³-hybridized carbons (Fsp3) is 0.238.